The van der Waals surface area contributed by atoms with Crippen LogP contribution in [-0.4, -0.2) is 32.0 Å². The fraction of sp³-hybridized carbons (Fsp3) is 0.571. The highest BCUT2D eigenvalue weighted by molar-refractivity contribution is 7.87. The fourth-order valence-electron chi connectivity index (χ4n) is 0.796. The van der Waals surface area contributed by atoms with Gasteiger partial charge in [0, 0.05) is 20.2 Å². The summed E-state index contributed by atoms with van der Waals surface area (Å²) in [7, 11) is -0.476. The maximum absolute atomic E-state index is 11.3. The van der Waals surface area contributed by atoms with Crippen LogP contribution in [0.3, 0.4) is 0 Å². The Hall–Kier alpha value is -0.920. The zero-order valence-corrected chi connectivity index (χ0v) is 9.13. The lowest BCUT2D eigenvalue weighted by molar-refractivity contribution is 0.389. The van der Waals surface area contributed by atoms with E-state index in [-0.39, 0.29) is 6.54 Å². The highest BCUT2D eigenvalue weighted by atomic mass is 32.2. The molecule has 80 valence electrons. The summed E-state index contributed by atoms with van der Waals surface area (Å²) in [6, 6.07) is 1.68. The first-order valence-electron chi connectivity index (χ1n) is 4.01. The van der Waals surface area contributed by atoms with E-state index in [2.05, 4.69) is 9.88 Å². The second-order valence-electron chi connectivity index (χ2n) is 3.04. The summed E-state index contributed by atoms with van der Waals surface area (Å²) >= 11 is 0. The molecular formula is C7H13N3O3S. The molecule has 7 heteroatoms. The van der Waals surface area contributed by atoms with Crippen LogP contribution in [0.1, 0.15) is 11.5 Å². The molecule has 1 rings (SSSR count). The Bertz CT molecular complexity index is 396. The summed E-state index contributed by atoms with van der Waals surface area (Å²) in [5.41, 5.74) is 0.563. The first-order valence-corrected chi connectivity index (χ1v) is 5.45. The SMILES string of the molecule is Cc1cc(CNS(=O)(=O)N(C)C)no1. The van der Waals surface area contributed by atoms with Crippen LogP contribution in [0.2, 0.25) is 0 Å². The Balaban J connectivity index is 2.57. The summed E-state index contributed by atoms with van der Waals surface area (Å²) in [6.45, 7) is 1.88. The second-order valence-corrected chi connectivity index (χ2v) is 5.01. The molecule has 0 radical (unpaired) electrons. The monoisotopic (exact) mass is 219 g/mol. The Kier molecular flexibility index (Phi) is 3.25. The van der Waals surface area contributed by atoms with E-state index in [0.717, 1.165) is 4.31 Å². The minimum Gasteiger partial charge on any atom is -0.361 e. The standard InChI is InChI=1S/C7H13N3O3S/c1-6-4-7(9-13-6)5-8-14(11,12)10(2)3/h4,8H,5H2,1-3H3. The molecule has 1 aromatic heterocycles. The molecule has 0 fully saturated rings. The van der Waals surface area contributed by atoms with Gasteiger partial charge in [0.05, 0.1) is 12.2 Å². The first kappa shape index (κ1) is 11.2. The van der Waals surface area contributed by atoms with Crippen LogP contribution in [0.5, 0.6) is 0 Å². The largest absolute Gasteiger partial charge is 0.361 e. The number of nitrogens with zero attached hydrogens (tertiary/aromatic N) is 2. The molecule has 1 heterocycles. The topological polar surface area (TPSA) is 75.4 Å². The van der Waals surface area contributed by atoms with Crippen LogP contribution in [-0.2, 0) is 16.8 Å². The van der Waals surface area contributed by atoms with E-state index in [4.69, 9.17) is 4.52 Å². The normalized spacial score (nSPS) is 12.3. The smallest absolute Gasteiger partial charge is 0.279 e. The van der Waals surface area contributed by atoms with Gasteiger partial charge < -0.3 is 4.52 Å². The third kappa shape index (κ3) is 2.79. The van der Waals surface area contributed by atoms with E-state index in [1.807, 2.05) is 0 Å². The van der Waals surface area contributed by atoms with E-state index in [0.29, 0.717) is 11.5 Å². The number of aryl methyl sites for hydroxylation is 1. The molecule has 1 N–H and O–H groups in total. The van der Waals surface area contributed by atoms with Gasteiger partial charge in [0.1, 0.15) is 5.76 Å². The van der Waals surface area contributed by atoms with Crippen molar-refractivity contribution in [1.29, 1.82) is 0 Å². The molecule has 0 spiro atoms. The van der Waals surface area contributed by atoms with E-state index < -0.39 is 10.2 Å². The van der Waals surface area contributed by atoms with Crippen LogP contribution in [0.25, 0.3) is 0 Å². The lowest BCUT2D eigenvalue weighted by atomic mass is 10.4. The van der Waals surface area contributed by atoms with Crippen molar-refractivity contribution < 1.29 is 12.9 Å². The van der Waals surface area contributed by atoms with E-state index in [1.165, 1.54) is 14.1 Å². The maximum Gasteiger partial charge on any atom is 0.279 e. The van der Waals surface area contributed by atoms with Crippen LogP contribution in [0, 0.1) is 6.92 Å². The van der Waals surface area contributed by atoms with Gasteiger partial charge in [-0.05, 0) is 6.92 Å². The van der Waals surface area contributed by atoms with Gasteiger partial charge in [0.25, 0.3) is 10.2 Å². The van der Waals surface area contributed by atoms with Gasteiger partial charge in [-0.1, -0.05) is 5.16 Å². The summed E-state index contributed by atoms with van der Waals surface area (Å²) < 4.78 is 30.8. The summed E-state index contributed by atoms with van der Waals surface area (Å²) in [6.07, 6.45) is 0. The van der Waals surface area contributed by atoms with Crippen molar-refractivity contribution in [2.75, 3.05) is 14.1 Å². The molecule has 0 amide bonds. The van der Waals surface area contributed by atoms with Crippen molar-refractivity contribution >= 4 is 10.2 Å². The van der Waals surface area contributed by atoms with E-state index in [9.17, 15) is 8.42 Å². The molecule has 0 saturated carbocycles. The first-order chi connectivity index (χ1) is 6.42. The fourth-order valence-corrected chi connectivity index (χ4v) is 1.38. The van der Waals surface area contributed by atoms with Gasteiger partial charge >= 0.3 is 0 Å². The third-order valence-electron chi connectivity index (χ3n) is 1.59. The minimum absolute atomic E-state index is 0.137. The van der Waals surface area contributed by atoms with Crippen LogP contribution in [0.4, 0.5) is 0 Å². The summed E-state index contributed by atoms with van der Waals surface area (Å²) in [5, 5.41) is 3.66. The van der Waals surface area contributed by atoms with Crippen molar-refractivity contribution in [2.24, 2.45) is 0 Å². The molecule has 1 aromatic rings. The molecule has 0 unspecified atom stereocenters. The highest BCUT2D eigenvalue weighted by Gasteiger charge is 2.13. The molecule has 0 atom stereocenters. The summed E-state index contributed by atoms with van der Waals surface area (Å²) in [4.78, 5) is 0. The second kappa shape index (κ2) is 4.07. The molecule has 0 aromatic carbocycles. The van der Waals surface area contributed by atoms with Gasteiger partial charge in [-0.15, -0.1) is 0 Å². The van der Waals surface area contributed by atoms with E-state index in [1.54, 1.807) is 13.0 Å². The molecule has 0 saturated heterocycles. The molecule has 6 nitrogen and oxygen atoms in total. The quantitative estimate of drug-likeness (QED) is 0.766. The van der Waals surface area contributed by atoms with Crippen molar-refractivity contribution in [3.63, 3.8) is 0 Å². The lowest BCUT2D eigenvalue weighted by Gasteiger charge is -2.10. The summed E-state index contributed by atoms with van der Waals surface area (Å²) in [5.74, 6) is 0.657. The van der Waals surface area contributed by atoms with Crippen LogP contribution in [0.15, 0.2) is 10.6 Å². The van der Waals surface area contributed by atoms with Gasteiger partial charge in [-0.3, -0.25) is 0 Å². The van der Waals surface area contributed by atoms with Crippen molar-refractivity contribution in [3.8, 4) is 0 Å². The molecule has 0 aliphatic carbocycles. The molecule has 0 aliphatic heterocycles. The number of nitrogens with one attached hydrogen (secondary N) is 1. The van der Waals surface area contributed by atoms with Crippen LogP contribution >= 0.6 is 0 Å². The van der Waals surface area contributed by atoms with Gasteiger partial charge in [-0.25, -0.2) is 0 Å². The van der Waals surface area contributed by atoms with Gasteiger partial charge in [0.15, 0.2) is 0 Å². The van der Waals surface area contributed by atoms with Crippen molar-refractivity contribution in [3.05, 3.63) is 17.5 Å². The van der Waals surface area contributed by atoms with Crippen LogP contribution < -0.4 is 4.72 Å². The molecule has 14 heavy (non-hydrogen) atoms. The Morgan fingerprint density at radius 1 is 1.57 bits per heavy atom. The van der Waals surface area contributed by atoms with Gasteiger partial charge in [0.2, 0.25) is 0 Å². The molecule has 0 bridgehead atoms. The third-order valence-corrected chi connectivity index (χ3v) is 3.06. The Labute approximate surface area is 83.1 Å². The average molecular weight is 219 g/mol. The number of hydrogen-bond acceptors (Lipinski definition) is 4. The number of rotatable bonds is 4. The average Bonchev–Trinajstić information content (AvgIpc) is 2.48. The maximum atomic E-state index is 11.3. The van der Waals surface area contributed by atoms with E-state index >= 15 is 0 Å². The highest BCUT2D eigenvalue weighted by Crippen LogP contribution is 2.01. The number of aromatic nitrogens is 1. The zero-order valence-electron chi connectivity index (χ0n) is 8.31. The lowest BCUT2D eigenvalue weighted by Crippen LogP contribution is -2.35. The van der Waals surface area contributed by atoms with Gasteiger partial charge in [-0.2, -0.15) is 17.4 Å². The Morgan fingerprint density at radius 2 is 2.21 bits per heavy atom. The zero-order chi connectivity index (χ0) is 10.8. The predicted octanol–water partition coefficient (Wildman–Crippen LogP) is -0.121. The molecule has 0 aliphatic rings. The predicted molar refractivity (Wildman–Crippen MR) is 50.7 cm³/mol. The minimum atomic E-state index is -3.39. The number of hydrogen-bond donors (Lipinski definition) is 1. The van der Waals surface area contributed by atoms with Crippen molar-refractivity contribution in [1.82, 2.24) is 14.2 Å². The molecular weight excluding hydrogens is 206 g/mol. The van der Waals surface area contributed by atoms with Crippen molar-refractivity contribution in [2.45, 2.75) is 13.5 Å². The Morgan fingerprint density at radius 3 is 2.64 bits per heavy atom.